The summed E-state index contributed by atoms with van der Waals surface area (Å²) < 4.78 is 15.3. The number of carbonyl (C=O) groups is 1. The van der Waals surface area contributed by atoms with E-state index in [0.717, 1.165) is 60.2 Å². The van der Waals surface area contributed by atoms with Gasteiger partial charge in [-0.2, -0.15) is 5.10 Å². The number of rotatable bonds is 7. The molecule has 1 N–H and O–H groups in total. The molecular weight excluding hydrogens is 550 g/mol. The summed E-state index contributed by atoms with van der Waals surface area (Å²) in [7, 11) is 0. The summed E-state index contributed by atoms with van der Waals surface area (Å²) in [5.74, 6) is 0.370. The smallest absolute Gasteiger partial charge is 0.274 e. The van der Waals surface area contributed by atoms with Crippen LogP contribution in [0.15, 0.2) is 72.1 Å². The number of nitrogens with zero attached hydrogens (tertiary/aromatic N) is 5. The number of carbonyl (C=O) groups excluding carboxylic acids is 1. The van der Waals surface area contributed by atoms with Crippen molar-refractivity contribution < 1.29 is 9.18 Å². The van der Waals surface area contributed by atoms with Gasteiger partial charge in [0.15, 0.2) is 5.69 Å². The Morgan fingerprint density at radius 2 is 1.73 bits per heavy atom. The lowest BCUT2D eigenvalue weighted by molar-refractivity contribution is 0.0766. The highest BCUT2D eigenvalue weighted by Gasteiger charge is 2.34. The molecule has 1 saturated heterocycles. The molecule has 40 heavy (non-hydrogen) atoms. The molecule has 1 amide bonds. The number of hydrogen-bond acceptors (Lipinski definition) is 5. The monoisotopic (exact) mass is 582 g/mol. The van der Waals surface area contributed by atoms with E-state index in [2.05, 4.69) is 21.7 Å². The van der Waals surface area contributed by atoms with E-state index in [9.17, 15) is 9.18 Å². The number of amides is 1. The van der Waals surface area contributed by atoms with Crippen LogP contribution in [0.25, 0.3) is 0 Å². The van der Waals surface area contributed by atoms with Gasteiger partial charge in [-0.1, -0.05) is 35.8 Å². The van der Waals surface area contributed by atoms with E-state index < -0.39 is 0 Å². The third-order valence-corrected chi connectivity index (χ3v) is 8.41. The highest BCUT2D eigenvalue weighted by Crippen LogP contribution is 2.41. The molecule has 3 aromatic rings. The first kappa shape index (κ1) is 28.1. The third kappa shape index (κ3) is 5.30. The van der Waals surface area contributed by atoms with Gasteiger partial charge in [-0.15, -0.1) is 0 Å². The fourth-order valence-electron chi connectivity index (χ4n) is 5.47. The average Bonchev–Trinajstić information content (AvgIpc) is 3.38. The maximum absolute atomic E-state index is 13.4. The van der Waals surface area contributed by atoms with E-state index in [4.69, 9.17) is 28.3 Å². The lowest BCUT2D eigenvalue weighted by Crippen LogP contribution is -2.46. The van der Waals surface area contributed by atoms with Gasteiger partial charge < -0.3 is 20.0 Å². The van der Waals surface area contributed by atoms with Crippen molar-refractivity contribution in [3.8, 4) is 0 Å². The van der Waals surface area contributed by atoms with Crippen LogP contribution in [0.1, 0.15) is 42.9 Å². The van der Waals surface area contributed by atoms with E-state index in [-0.39, 0.29) is 17.8 Å². The highest BCUT2D eigenvalue weighted by atomic mass is 35.5. The number of halogens is 3. The molecule has 3 heterocycles. The van der Waals surface area contributed by atoms with Crippen LogP contribution in [0.4, 0.5) is 15.9 Å². The quantitative estimate of drug-likeness (QED) is 0.347. The molecule has 7 nitrogen and oxygen atoms in total. The second-order valence-corrected chi connectivity index (χ2v) is 10.8. The molecule has 2 aliphatic rings. The summed E-state index contributed by atoms with van der Waals surface area (Å²) >= 11 is 12.7. The van der Waals surface area contributed by atoms with Crippen LogP contribution in [-0.4, -0.2) is 64.8 Å². The lowest BCUT2D eigenvalue weighted by atomic mass is 9.92. The zero-order valence-electron chi connectivity index (χ0n) is 22.9. The van der Waals surface area contributed by atoms with Gasteiger partial charge in [0.25, 0.3) is 5.91 Å². The van der Waals surface area contributed by atoms with Crippen molar-refractivity contribution in [2.45, 2.75) is 26.8 Å². The van der Waals surface area contributed by atoms with E-state index in [1.54, 1.807) is 17.0 Å². The van der Waals surface area contributed by atoms with Gasteiger partial charge in [-0.05, 0) is 62.7 Å². The Kier molecular flexibility index (Phi) is 8.10. The van der Waals surface area contributed by atoms with Crippen LogP contribution < -0.4 is 10.2 Å². The molecule has 1 fully saturated rings. The fourth-order valence-corrected chi connectivity index (χ4v) is 5.78. The summed E-state index contributed by atoms with van der Waals surface area (Å²) in [4.78, 5) is 19.5. The summed E-state index contributed by atoms with van der Waals surface area (Å²) in [5.41, 5.74) is 5.04. The van der Waals surface area contributed by atoms with E-state index in [1.165, 1.54) is 12.1 Å². The molecule has 10 heteroatoms. The minimum Gasteiger partial charge on any atom is -0.368 e. The Balaban J connectivity index is 1.47. The number of fused-ring (bicyclic) bond motifs is 1. The van der Waals surface area contributed by atoms with Gasteiger partial charge in [-0.25, -0.2) is 9.07 Å². The minimum atomic E-state index is -0.369. The molecule has 210 valence electrons. The standard InChI is InChI=1S/C30H33Cl2FN6O/c1-5-36(6-2)30(40)26-18-27-34-19(3)28(29(39(27)35-26)21-7-12-24(31)25(32)17-21)20(4)37-13-15-38(16-14-37)23-10-8-22(33)9-11-23/h7-12,17-18,29,34H,4-6,13-16H2,1-3H3. The Morgan fingerprint density at radius 3 is 2.35 bits per heavy atom. The molecule has 1 aromatic heterocycles. The summed E-state index contributed by atoms with van der Waals surface area (Å²) in [6.07, 6.45) is 0. The Morgan fingerprint density at radius 1 is 1.05 bits per heavy atom. The van der Waals surface area contributed by atoms with Crippen molar-refractivity contribution in [2.75, 3.05) is 49.5 Å². The molecule has 0 saturated carbocycles. The SMILES string of the molecule is C=C(C1=C(C)Nc2cc(C(=O)N(CC)CC)nn2C1c1ccc(Cl)c(Cl)c1)N1CCN(c2ccc(F)cc2)CC1. The van der Waals surface area contributed by atoms with E-state index in [0.29, 0.717) is 28.8 Å². The number of piperazine rings is 1. The van der Waals surface area contributed by atoms with Gasteiger partial charge in [0, 0.05) is 68.0 Å². The number of allylic oxidation sites excluding steroid dienone is 2. The predicted molar refractivity (Wildman–Crippen MR) is 160 cm³/mol. The fraction of sp³-hybridized carbons (Fsp3) is 0.333. The molecule has 0 bridgehead atoms. The third-order valence-electron chi connectivity index (χ3n) is 7.67. The first-order chi connectivity index (χ1) is 19.2. The van der Waals surface area contributed by atoms with Crippen LogP contribution in [0, 0.1) is 5.82 Å². The average molecular weight is 584 g/mol. The van der Waals surface area contributed by atoms with Gasteiger partial charge in [0.2, 0.25) is 0 Å². The molecule has 1 atom stereocenters. The largest absolute Gasteiger partial charge is 0.368 e. The second kappa shape index (κ2) is 11.6. The summed E-state index contributed by atoms with van der Waals surface area (Å²) in [6, 6.07) is 13.6. The lowest BCUT2D eigenvalue weighted by Gasteiger charge is -2.41. The van der Waals surface area contributed by atoms with Crippen LogP contribution >= 0.6 is 23.2 Å². The Hall–Kier alpha value is -3.49. The van der Waals surface area contributed by atoms with Crippen LogP contribution in [0.5, 0.6) is 0 Å². The zero-order valence-corrected chi connectivity index (χ0v) is 24.4. The van der Waals surface area contributed by atoms with Crippen LogP contribution in [0.2, 0.25) is 10.0 Å². The number of hydrogen-bond donors (Lipinski definition) is 1. The van der Waals surface area contributed by atoms with Crippen LogP contribution in [-0.2, 0) is 0 Å². The number of anilines is 2. The number of aromatic nitrogens is 2. The summed E-state index contributed by atoms with van der Waals surface area (Å²) in [5, 5.41) is 9.18. The molecule has 0 aliphatic carbocycles. The summed E-state index contributed by atoms with van der Waals surface area (Å²) in [6.45, 7) is 14.7. The maximum Gasteiger partial charge on any atom is 0.274 e. The van der Waals surface area contributed by atoms with Gasteiger partial charge in [0.1, 0.15) is 17.7 Å². The Bertz CT molecular complexity index is 1460. The highest BCUT2D eigenvalue weighted by molar-refractivity contribution is 6.42. The molecule has 5 rings (SSSR count). The van der Waals surface area contributed by atoms with Crippen LogP contribution in [0.3, 0.4) is 0 Å². The minimum absolute atomic E-state index is 0.114. The topological polar surface area (TPSA) is 56.6 Å². The van der Waals surface area contributed by atoms with E-state index in [1.807, 2.05) is 49.7 Å². The number of nitrogens with one attached hydrogen (secondary N) is 1. The first-order valence-electron chi connectivity index (χ1n) is 13.5. The molecule has 0 spiro atoms. The van der Waals surface area contributed by atoms with Crippen molar-refractivity contribution in [1.29, 1.82) is 0 Å². The van der Waals surface area contributed by atoms with Crippen molar-refractivity contribution in [3.05, 3.63) is 99.2 Å². The van der Waals surface area contributed by atoms with Gasteiger partial charge in [-0.3, -0.25) is 4.79 Å². The molecule has 1 unspecified atom stereocenters. The van der Waals surface area contributed by atoms with Crippen molar-refractivity contribution in [3.63, 3.8) is 0 Å². The zero-order chi connectivity index (χ0) is 28.6. The van der Waals surface area contributed by atoms with Gasteiger partial charge >= 0.3 is 0 Å². The molecular formula is C30H33Cl2FN6O. The molecule has 0 radical (unpaired) electrons. The van der Waals surface area contributed by atoms with E-state index >= 15 is 0 Å². The second-order valence-electron chi connectivity index (χ2n) is 9.97. The predicted octanol–water partition coefficient (Wildman–Crippen LogP) is 6.44. The molecule has 2 aromatic carbocycles. The normalized spacial score (nSPS) is 17.0. The number of benzene rings is 2. The molecule has 2 aliphatic heterocycles. The van der Waals surface area contributed by atoms with Gasteiger partial charge in [0.05, 0.1) is 10.0 Å². The van der Waals surface area contributed by atoms with Crippen molar-refractivity contribution in [2.24, 2.45) is 0 Å². The van der Waals surface area contributed by atoms with Crippen molar-refractivity contribution in [1.82, 2.24) is 19.6 Å². The first-order valence-corrected chi connectivity index (χ1v) is 14.2. The Labute approximate surface area is 244 Å². The maximum atomic E-state index is 13.4. The van der Waals surface area contributed by atoms with Crippen molar-refractivity contribution >= 4 is 40.6 Å².